The van der Waals surface area contributed by atoms with E-state index in [0.29, 0.717) is 5.75 Å². The molecule has 0 spiro atoms. The molecular formula is C19H14N2O3S. The van der Waals surface area contributed by atoms with Crippen LogP contribution < -0.4 is 4.74 Å². The van der Waals surface area contributed by atoms with E-state index in [1.165, 1.54) is 17.0 Å². The standard InChI is InChI=1S/C19H14N2O3S/c22-18(23)9-4-10-24-14-6-3-5-13(11-14)15-12-21-16-7-1-2-8-17(16)25-19(21)20-15/h1-8,10-12H,9H2,(H,22,23)/b10-4+. The van der Waals surface area contributed by atoms with Gasteiger partial charge < -0.3 is 9.84 Å². The third-order valence-electron chi connectivity index (χ3n) is 3.72. The van der Waals surface area contributed by atoms with Crippen molar-refractivity contribution in [1.82, 2.24) is 9.38 Å². The number of ether oxygens (including phenoxy) is 1. The zero-order chi connectivity index (χ0) is 17.2. The van der Waals surface area contributed by atoms with Crippen molar-refractivity contribution >= 4 is 32.5 Å². The van der Waals surface area contributed by atoms with E-state index >= 15 is 0 Å². The van der Waals surface area contributed by atoms with E-state index in [4.69, 9.17) is 14.8 Å². The molecule has 1 N–H and O–H groups in total. The summed E-state index contributed by atoms with van der Waals surface area (Å²) in [6.45, 7) is 0. The molecule has 0 atom stereocenters. The number of imidazole rings is 1. The predicted molar refractivity (Wildman–Crippen MR) is 98.0 cm³/mol. The SMILES string of the molecule is O=C(O)C/C=C/Oc1cccc(-c2cn3c(n2)sc2ccccc23)c1. The number of rotatable bonds is 5. The summed E-state index contributed by atoms with van der Waals surface area (Å²) >= 11 is 1.65. The highest BCUT2D eigenvalue weighted by Gasteiger charge is 2.10. The van der Waals surface area contributed by atoms with Crippen LogP contribution in [0.4, 0.5) is 0 Å². The van der Waals surface area contributed by atoms with Crippen molar-refractivity contribution in [3.05, 3.63) is 67.1 Å². The van der Waals surface area contributed by atoms with E-state index < -0.39 is 5.97 Å². The molecule has 124 valence electrons. The lowest BCUT2D eigenvalue weighted by molar-refractivity contribution is -0.136. The minimum absolute atomic E-state index is 0.0654. The van der Waals surface area contributed by atoms with Gasteiger partial charge in [0, 0.05) is 11.8 Å². The molecule has 0 saturated carbocycles. The van der Waals surface area contributed by atoms with Crippen LogP contribution in [0.25, 0.3) is 26.4 Å². The Balaban J connectivity index is 1.63. The van der Waals surface area contributed by atoms with Gasteiger partial charge in [0.1, 0.15) is 5.75 Å². The lowest BCUT2D eigenvalue weighted by Gasteiger charge is -2.02. The van der Waals surface area contributed by atoms with Crippen molar-refractivity contribution in [2.45, 2.75) is 6.42 Å². The average Bonchev–Trinajstić information content (AvgIpc) is 3.17. The number of hydrogen-bond donors (Lipinski definition) is 1. The predicted octanol–water partition coefficient (Wildman–Crippen LogP) is 4.58. The second-order valence-electron chi connectivity index (χ2n) is 5.46. The summed E-state index contributed by atoms with van der Waals surface area (Å²) in [7, 11) is 0. The lowest BCUT2D eigenvalue weighted by Crippen LogP contribution is -1.91. The van der Waals surface area contributed by atoms with E-state index in [0.717, 1.165) is 21.7 Å². The second kappa shape index (κ2) is 6.41. The Kier molecular flexibility index (Phi) is 3.95. The fraction of sp³-hybridized carbons (Fsp3) is 0.0526. The minimum atomic E-state index is -0.890. The Labute approximate surface area is 147 Å². The Hall–Kier alpha value is -3.12. The Morgan fingerprint density at radius 1 is 1.24 bits per heavy atom. The molecule has 4 aromatic rings. The van der Waals surface area contributed by atoms with Crippen molar-refractivity contribution in [2.75, 3.05) is 0 Å². The topological polar surface area (TPSA) is 63.8 Å². The largest absolute Gasteiger partial charge is 0.481 e. The number of thiazole rings is 1. The molecule has 0 unspecified atom stereocenters. The molecule has 2 aromatic carbocycles. The highest BCUT2D eigenvalue weighted by molar-refractivity contribution is 7.23. The van der Waals surface area contributed by atoms with Crippen LogP contribution >= 0.6 is 11.3 Å². The summed E-state index contributed by atoms with van der Waals surface area (Å²) in [5.41, 5.74) is 2.96. The highest BCUT2D eigenvalue weighted by atomic mass is 32.1. The zero-order valence-electron chi connectivity index (χ0n) is 13.1. The third kappa shape index (κ3) is 3.12. The van der Waals surface area contributed by atoms with Crippen LogP contribution in [0.1, 0.15) is 6.42 Å². The second-order valence-corrected chi connectivity index (χ2v) is 6.47. The highest BCUT2D eigenvalue weighted by Crippen LogP contribution is 2.30. The first-order chi connectivity index (χ1) is 12.2. The molecule has 5 nitrogen and oxygen atoms in total. The molecule has 0 radical (unpaired) electrons. The van der Waals surface area contributed by atoms with Gasteiger partial charge in [0.25, 0.3) is 0 Å². The number of hydrogen-bond acceptors (Lipinski definition) is 4. The number of aromatic nitrogens is 2. The number of nitrogens with zero attached hydrogens (tertiary/aromatic N) is 2. The fourth-order valence-corrected chi connectivity index (χ4v) is 3.60. The van der Waals surface area contributed by atoms with Gasteiger partial charge in [-0.2, -0.15) is 0 Å². The summed E-state index contributed by atoms with van der Waals surface area (Å²) in [5.74, 6) is -0.251. The van der Waals surface area contributed by atoms with E-state index in [2.05, 4.69) is 16.5 Å². The molecule has 0 saturated heterocycles. The molecular weight excluding hydrogens is 336 g/mol. The normalized spacial score (nSPS) is 11.5. The third-order valence-corrected chi connectivity index (χ3v) is 4.76. The van der Waals surface area contributed by atoms with Crippen molar-refractivity contribution in [3.8, 4) is 17.0 Å². The van der Waals surface area contributed by atoms with Gasteiger partial charge in [-0.3, -0.25) is 9.20 Å². The van der Waals surface area contributed by atoms with Crippen LogP contribution in [0, 0.1) is 0 Å². The number of aliphatic carboxylic acids is 1. The maximum Gasteiger partial charge on any atom is 0.307 e. The van der Waals surface area contributed by atoms with E-state index in [9.17, 15) is 4.79 Å². The summed E-state index contributed by atoms with van der Waals surface area (Å²) < 4.78 is 8.77. The number of para-hydroxylation sites is 1. The van der Waals surface area contributed by atoms with E-state index in [1.807, 2.05) is 42.6 Å². The van der Waals surface area contributed by atoms with Crippen LogP contribution in [0.3, 0.4) is 0 Å². The molecule has 2 heterocycles. The first-order valence-electron chi connectivity index (χ1n) is 7.71. The number of carboxylic acid groups (broad SMARTS) is 1. The molecule has 6 heteroatoms. The molecule has 2 aromatic heterocycles. The van der Waals surface area contributed by atoms with Crippen LogP contribution in [0.2, 0.25) is 0 Å². The molecule has 0 bridgehead atoms. The number of benzene rings is 2. The van der Waals surface area contributed by atoms with E-state index in [-0.39, 0.29) is 6.42 Å². The van der Waals surface area contributed by atoms with Gasteiger partial charge in [-0.05, 0) is 30.3 Å². The molecule has 0 aliphatic heterocycles. The Bertz CT molecular complexity index is 1090. The number of carbonyl (C=O) groups is 1. The summed E-state index contributed by atoms with van der Waals surface area (Å²) in [6, 6.07) is 15.8. The van der Waals surface area contributed by atoms with Gasteiger partial charge in [-0.1, -0.05) is 35.6 Å². The Morgan fingerprint density at radius 3 is 3.00 bits per heavy atom. The minimum Gasteiger partial charge on any atom is -0.481 e. The number of fused-ring (bicyclic) bond motifs is 3. The summed E-state index contributed by atoms with van der Waals surface area (Å²) in [4.78, 5) is 16.1. The van der Waals surface area contributed by atoms with Crippen molar-refractivity contribution < 1.29 is 14.6 Å². The Morgan fingerprint density at radius 2 is 2.12 bits per heavy atom. The fourth-order valence-electron chi connectivity index (χ4n) is 2.59. The van der Waals surface area contributed by atoms with Crippen molar-refractivity contribution in [1.29, 1.82) is 0 Å². The van der Waals surface area contributed by atoms with E-state index in [1.54, 1.807) is 11.3 Å². The van der Waals surface area contributed by atoms with Gasteiger partial charge in [0.05, 0.1) is 28.6 Å². The van der Waals surface area contributed by atoms with Gasteiger partial charge >= 0.3 is 5.97 Å². The monoisotopic (exact) mass is 350 g/mol. The summed E-state index contributed by atoms with van der Waals surface area (Å²) in [6.07, 6.45) is 4.82. The first-order valence-corrected chi connectivity index (χ1v) is 8.53. The van der Waals surface area contributed by atoms with Crippen LogP contribution in [-0.2, 0) is 4.79 Å². The van der Waals surface area contributed by atoms with Crippen molar-refractivity contribution in [3.63, 3.8) is 0 Å². The maximum atomic E-state index is 10.5. The first kappa shape index (κ1) is 15.4. The van der Waals surface area contributed by atoms with Crippen LogP contribution in [0.15, 0.2) is 67.1 Å². The molecule has 4 rings (SSSR count). The molecule has 0 aliphatic rings. The smallest absolute Gasteiger partial charge is 0.307 e. The molecule has 0 amide bonds. The van der Waals surface area contributed by atoms with Crippen molar-refractivity contribution in [2.24, 2.45) is 0 Å². The molecule has 0 aliphatic carbocycles. The van der Waals surface area contributed by atoms with Crippen LogP contribution in [-0.4, -0.2) is 20.5 Å². The van der Waals surface area contributed by atoms with Gasteiger partial charge in [-0.25, -0.2) is 4.98 Å². The molecule has 0 fully saturated rings. The van der Waals surface area contributed by atoms with Gasteiger partial charge in [0.2, 0.25) is 0 Å². The zero-order valence-corrected chi connectivity index (χ0v) is 13.9. The van der Waals surface area contributed by atoms with Gasteiger partial charge in [0.15, 0.2) is 4.96 Å². The quantitative estimate of drug-likeness (QED) is 0.535. The average molecular weight is 350 g/mol. The van der Waals surface area contributed by atoms with Crippen LogP contribution in [0.5, 0.6) is 5.75 Å². The lowest BCUT2D eigenvalue weighted by atomic mass is 10.1. The number of carboxylic acids is 1. The maximum absolute atomic E-state index is 10.5. The molecule has 25 heavy (non-hydrogen) atoms. The van der Waals surface area contributed by atoms with Gasteiger partial charge in [-0.15, -0.1) is 0 Å². The summed E-state index contributed by atoms with van der Waals surface area (Å²) in [5, 5.41) is 8.61.